The zero-order chi connectivity index (χ0) is 18.9. The molecule has 1 heterocycles. The topological polar surface area (TPSA) is 72.7 Å². The summed E-state index contributed by atoms with van der Waals surface area (Å²) >= 11 is 0. The van der Waals surface area contributed by atoms with Gasteiger partial charge in [-0.3, -0.25) is 9.67 Å². The minimum absolute atomic E-state index is 0.582. The third kappa shape index (κ3) is 5.40. The van der Waals surface area contributed by atoms with Crippen LogP contribution in [-0.4, -0.2) is 43.0 Å². The Hall–Kier alpha value is -2.70. The van der Waals surface area contributed by atoms with Crippen LogP contribution in [0.3, 0.4) is 0 Å². The third-order valence-electron chi connectivity index (χ3n) is 3.89. The fourth-order valence-electron chi connectivity index (χ4n) is 2.68. The van der Waals surface area contributed by atoms with Crippen LogP contribution in [-0.2, 0) is 6.54 Å². The summed E-state index contributed by atoms with van der Waals surface area (Å²) in [6, 6.07) is 7.81. The third-order valence-corrected chi connectivity index (χ3v) is 3.89. The van der Waals surface area contributed by atoms with Gasteiger partial charge in [0.2, 0.25) is 0 Å². The molecule has 0 atom stereocenters. The van der Waals surface area contributed by atoms with Crippen molar-refractivity contribution in [1.82, 2.24) is 15.1 Å². The van der Waals surface area contributed by atoms with Crippen molar-refractivity contribution in [2.45, 2.75) is 33.7 Å². The normalized spacial score (nSPS) is 11.3. The lowest BCUT2D eigenvalue weighted by molar-refractivity contribution is 0.311. The van der Waals surface area contributed by atoms with Crippen molar-refractivity contribution >= 4 is 11.6 Å². The van der Waals surface area contributed by atoms with Gasteiger partial charge in [0, 0.05) is 37.6 Å². The Bertz CT molecular complexity index is 740. The number of aryl methyl sites for hydroxylation is 3. The highest BCUT2D eigenvalue weighted by atomic mass is 16.5. The summed E-state index contributed by atoms with van der Waals surface area (Å²) in [7, 11) is 3.39. The van der Waals surface area contributed by atoms with Crippen LogP contribution in [0.5, 0.6) is 11.5 Å². The number of anilines is 1. The van der Waals surface area contributed by atoms with E-state index < -0.39 is 0 Å². The van der Waals surface area contributed by atoms with E-state index >= 15 is 0 Å². The molecule has 0 fully saturated rings. The van der Waals surface area contributed by atoms with Crippen molar-refractivity contribution in [2.75, 3.05) is 32.6 Å². The molecular weight excluding hydrogens is 330 g/mol. The van der Waals surface area contributed by atoms with Crippen LogP contribution in [0.2, 0.25) is 0 Å². The fourth-order valence-corrected chi connectivity index (χ4v) is 2.68. The van der Waals surface area contributed by atoms with E-state index in [-0.39, 0.29) is 0 Å². The molecule has 0 saturated heterocycles. The summed E-state index contributed by atoms with van der Waals surface area (Å²) in [6.45, 7) is 8.29. The first-order valence-electron chi connectivity index (χ1n) is 8.87. The smallest absolute Gasteiger partial charge is 0.195 e. The van der Waals surface area contributed by atoms with Gasteiger partial charge in [-0.25, -0.2) is 0 Å². The van der Waals surface area contributed by atoms with Crippen molar-refractivity contribution in [3.05, 3.63) is 35.7 Å². The highest BCUT2D eigenvalue weighted by Crippen LogP contribution is 2.30. The maximum absolute atomic E-state index is 5.61. The van der Waals surface area contributed by atoms with Gasteiger partial charge in [0.1, 0.15) is 0 Å². The molecule has 0 aliphatic rings. The van der Waals surface area contributed by atoms with Crippen molar-refractivity contribution in [1.29, 1.82) is 0 Å². The monoisotopic (exact) mass is 359 g/mol. The molecular formula is C19H29N5O2. The van der Waals surface area contributed by atoms with Gasteiger partial charge < -0.3 is 20.1 Å². The number of nitrogens with one attached hydrogen (secondary N) is 2. The molecule has 0 saturated carbocycles. The molecule has 7 nitrogen and oxygen atoms in total. The van der Waals surface area contributed by atoms with E-state index in [9.17, 15) is 0 Å². The molecule has 26 heavy (non-hydrogen) atoms. The number of rotatable bonds is 8. The number of aromatic nitrogens is 2. The van der Waals surface area contributed by atoms with Gasteiger partial charge in [0.05, 0.1) is 19.4 Å². The van der Waals surface area contributed by atoms with Crippen LogP contribution in [0.25, 0.3) is 0 Å². The van der Waals surface area contributed by atoms with E-state index in [1.807, 2.05) is 36.7 Å². The summed E-state index contributed by atoms with van der Waals surface area (Å²) in [6.07, 6.45) is 0.954. The van der Waals surface area contributed by atoms with Crippen molar-refractivity contribution in [3.8, 4) is 11.5 Å². The summed E-state index contributed by atoms with van der Waals surface area (Å²) < 4.78 is 13.0. The Kier molecular flexibility index (Phi) is 7.32. The molecule has 1 aromatic carbocycles. The molecule has 0 amide bonds. The number of ether oxygens (including phenoxy) is 2. The second kappa shape index (κ2) is 9.70. The molecule has 2 N–H and O–H groups in total. The second-order valence-electron chi connectivity index (χ2n) is 5.93. The Labute approximate surface area is 155 Å². The molecule has 142 valence electrons. The molecule has 0 unspecified atom stereocenters. The standard InChI is InChI=1S/C19H29N5O2/c1-6-26-18-13-16(8-9-17(18)25-5)22-19(20-4)21-10-7-11-24-15(3)12-14(2)23-24/h8-9,12-13H,6-7,10-11H2,1-5H3,(H2,20,21,22). The van der Waals surface area contributed by atoms with E-state index in [1.54, 1.807) is 14.2 Å². The minimum Gasteiger partial charge on any atom is -0.493 e. The Morgan fingerprint density at radius 1 is 1.23 bits per heavy atom. The first kappa shape index (κ1) is 19.6. The second-order valence-corrected chi connectivity index (χ2v) is 5.93. The van der Waals surface area contributed by atoms with Gasteiger partial charge >= 0.3 is 0 Å². The molecule has 7 heteroatoms. The lowest BCUT2D eigenvalue weighted by Gasteiger charge is -2.15. The average Bonchev–Trinajstić information content (AvgIpc) is 2.95. The molecule has 2 aromatic rings. The van der Waals surface area contributed by atoms with Gasteiger partial charge in [-0.1, -0.05) is 0 Å². The molecule has 0 aliphatic heterocycles. The SMILES string of the molecule is CCOc1cc(NC(=NC)NCCCn2nc(C)cc2C)ccc1OC. The van der Waals surface area contributed by atoms with E-state index in [1.165, 1.54) is 5.69 Å². The van der Waals surface area contributed by atoms with Crippen LogP contribution in [0.1, 0.15) is 24.7 Å². The highest BCUT2D eigenvalue weighted by Gasteiger charge is 2.07. The summed E-state index contributed by atoms with van der Waals surface area (Å²) in [5.41, 5.74) is 3.13. The minimum atomic E-state index is 0.582. The van der Waals surface area contributed by atoms with Gasteiger partial charge in [0.15, 0.2) is 17.5 Å². The number of methoxy groups -OCH3 is 1. The predicted octanol–water partition coefficient (Wildman–Crippen LogP) is 2.98. The van der Waals surface area contributed by atoms with Crippen molar-refractivity contribution in [2.24, 2.45) is 4.99 Å². The molecule has 1 aromatic heterocycles. The average molecular weight is 359 g/mol. The van der Waals surface area contributed by atoms with E-state index in [0.29, 0.717) is 24.1 Å². The lowest BCUT2D eigenvalue weighted by Crippen LogP contribution is -2.32. The van der Waals surface area contributed by atoms with E-state index in [0.717, 1.165) is 30.9 Å². The maximum atomic E-state index is 5.61. The number of guanidine groups is 1. The highest BCUT2D eigenvalue weighted by molar-refractivity contribution is 5.93. The number of hydrogen-bond donors (Lipinski definition) is 2. The van der Waals surface area contributed by atoms with Gasteiger partial charge in [0.25, 0.3) is 0 Å². The van der Waals surface area contributed by atoms with E-state index in [2.05, 4.69) is 33.7 Å². The molecule has 0 radical (unpaired) electrons. The number of aliphatic imine (C=N–C) groups is 1. The Balaban J connectivity index is 1.87. The Morgan fingerprint density at radius 3 is 2.65 bits per heavy atom. The Morgan fingerprint density at radius 2 is 2.04 bits per heavy atom. The van der Waals surface area contributed by atoms with Crippen LogP contribution in [0.15, 0.2) is 29.3 Å². The van der Waals surface area contributed by atoms with Crippen LogP contribution < -0.4 is 20.1 Å². The number of nitrogens with zero attached hydrogens (tertiary/aromatic N) is 3. The maximum Gasteiger partial charge on any atom is 0.195 e. The molecule has 0 aliphatic carbocycles. The summed E-state index contributed by atoms with van der Waals surface area (Å²) in [5, 5.41) is 11.1. The lowest BCUT2D eigenvalue weighted by atomic mass is 10.2. The zero-order valence-electron chi connectivity index (χ0n) is 16.3. The predicted molar refractivity (Wildman–Crippen MR) is 105 cm³/mol. The zero-order valence-corrected chi connectivity index (χ0v) is 16.3. The van der Waals surface area contributed by atoms with Crippen LogP contribution in [0.4, 0.5) is 5.69 Å². The first-order valence-corrected chi connectivity index (χ1v) is 8.87. The number of benzene rings is 1. The number of hydrogen-bond acceptors (Lipinski definition) is 4. The fraction of sp³-hybridized carbons (Fsp3) is 0.474. The molecule has 0 spiro atoms. The van der Waals surface area contributed by atoms with Gasteiger partial charge in [-0.2, -0.15) is 5.10 Å². The molecule has 0 bridgehead atoms. The van der Waals surface area contributed by atoms with Crippen molar-refractivity contribution < 1.29 is 9.47 Å². The van der Waals surface area contributed by atoms with Crippen LogP contribution in [0, 0.1) is 13.8 Å². The quantitative estimate of drug-likeness (QED) is 0.431. The van der Waals surface area contributed by atoms with Gasteiger partial charge in [-0.15, -0.1) is 0 Å². The van der Waals surface area contributed by atoms with Crippen LogP contribution >= 0.6 is 0 Å². The molecule has 2 rings (SSSR count). The summed E-state index contributed by atoms with van der Waals surface area (Å²) in [5.74, 6) is 2.14. The summed E-state index contributed by atoms with van der Waals surface area (Å²) in [4.78, 5) is 4.27. The van der Waals surface area contributed by atoms with E-state index in [4.69, 9.17) is 9.47 Å². The van der Waals surface area contributed by atoms with Crippen molar-refractivity contribution in [3.63, 3.8) is 0 Å². The van der Waals surface area contributed by atoms with Gasteiger partial charge in [-0.05, 0) is 45.4 Å². The first-order chi connectivity index (χ1) is 12.6. The largest absolute Gasteiger partial charge is 0.493 e.